The monoisotopic (exact) mass is 261 g/mol. The van der Waals surface area contributed by atoms with E-state index in [1.807, 2.05) is 27.0 Å². The molecule has 2 heterocycles. The zero-order valence-electron chi connectivity index (χ0n) is 11.5. The summed E-state index contributed by atoms with van der Waals surface area (Å²) in [5.41, 5.74) is 8.11. The number of anilines is 1. The van der Waals surface area contributed by atoms with Gasteiger partial charge >= 0.3 is 0 Å². The van der Waals surface area contributed by atoms with E-state index in [4.69, 9.17) is 5.73 Å². The minimum Gasteiger partial charge on any atom is -0.323 e. The number of hydrogen-bond donors (Lipinski definition) is 2. The second-order valence-electron chi connectivity index (χ2n) is 4.69. The summed E-state index contributed by atoms with van der Waals surface area (Å²) in [6, 6.07) is 1.40. The van der Waals surface area contributed by atoms with Crippen molar-refractivity contribution in [3.8, 4) is 0 Å². The second-order valence-corrected chi connectivity index (χ2v) is 4.69. The van der Waals surface area contributed by atoms with E-state index < -0.39 is 6.04 Å². The summed E-state index contributed by atoms with van der Waals surface area (Å²) in [7, 11) is 1.84. The number of nitrogens with two attached hydrogens (primary N) is 1. The Morgan fingerprint density at radius 1 is 1.58 bits per heavy atom. The fraction of sp³-hybridized carbons (Fsp3) is 0.462. The lowest BCUT2D eigenvalue weighted by molar-refractivity contribution is -0.117. The van der Waals surface area contributed by atoms with Crippen molar-refractivity contribution in [3.63, 3.8) is 0 Å². The first-order valence-corrected chi connectivity index (χ1v) is 6.38. The van der Waals surface area contributed by atoms with Crippen LogP contribution in [0.15, 0.2) is 12.3 Å². The number of hydrogen-bond acceptors (Lipinski definition) is 4. The molecule has 6 nitrogen and oxygen atoms in total. The number of pyridine rings is 1. The highest BCUT2D eigenvalue weighted by molar-refractivity contribution is 5.96. The first-order valence-electron chi connectivity index (χ1n) is 6.38. The quantitative estimate of drug-likeness (QED) is 0.869. The van der Waals surface area contributed by atoms with Crippen molar-refractivity contribution in [2.75, 3.05) is 5.32 Å². The summed E-state index contributed by atoms with van der Waals surface area (Å²) in [4.78, 5) is 16.1. The standard InChI is InChI=1S/C13H19N5O/c1-4-5-11(14)13(19)16-9-6-10-8(2)17-18(3)12(10)15-7-9/h6-7,11H,4-5,14H2,1-3H3,(H,16,19)/t11-/m0/s1. The number of rotatable bonds is 4. The average molecular weight is 261 g/mol. The third-order valence-electron chi connectivity index (χ3n) is 3.07. The molecule has 2 rings (SSSR count). The highest BCUT2D eigenvalue weighted by Crippen LogP contribution is 2.19. The summed E-state index contributed by atoms with van der Waals surface area (Å²) in [6.07, 6.45) is 3.18. The smallest absolute Gasteiger partial charge is 0.241 e. The van der Waals surface area contributed by atoms with Gasteiger partial charge in [-0.15, -0.1) is 0 Å². The van der Waals surface area contributed by atoms with Gasteiger partial charge in [-0.05, 0) is 19.4 Å². The molecule has 1 amide bonds. The molecule has 0 aromatic carbocycles. The predicted molar refractivity (Wildman–Crippen MR) is 74.8 cm³/mol. The molecule has 102 valence electrons. The normalized spacial score (nSPS) is 12.6. The molecule has 0 aliphatic heterocycles. The molecule has 0 bridgehead atoms. The number of amides is 1. The van der Waals surface area contributed by atoms with Gasteiger partial charge < -0.3 is 11.1 Å². The minimum absolute atomic E-state index is 0.176. The van der Waals surface area contributed by atoms with Crippen LogP contribution in [-0.2, 0) is 11.8 Å². The van der Waals surface area contributed by atoms with E-state index in [1.165, 1.54) is 0 Å². The Balaban J connectivity index is 2.22. The first kappa shape index (κ1) is 13.5. The topological polar surface area (TPSA) is 85.8 Å². The zero-order valence-corrected chi connectivity index (χ0v) is 11.5. The molecule has 2 aromatic heterocycles. The Morgan fingerprint density at radius 2 is 2.32 bits per heavy atom. The van der Waals surface area contributed by atoms with E-state index in [1.54, 1.807) is 10.9 Å². The number of aromatic nitrogens is 3. The van der Waals surface area contributed by atoms with Crippen molar-refractivity contribution in [1.29, 1.82) is 0 Å². The minimum atomic E-state index is -0.476. The lowest BCUT2D eigenvalue weighted by Gasteiger charge is -2.10. The van der Waals surface area contributed by atoms with E-state index >= 15 is 0 Å². The SMILES string of the molecule is CCC[C@H](N)C(=O)Nc1cnc2c(c1)c(C)nn2C. The van der Waals surface area contributed by atoms with Crippen molar-refractivity contribution < 1.29 is 4.79 Å². The van der Waals surface area contributed by atoms with Gasteiger partial charge in [0.2, 0.25) is 5.91 Å². The molecule has 6 heteroatoms. The van der Waals surface area contributed by atoms with Gasteiger partial charge in [0.15, 0.2) is 5.65 Å². The fourth-order valence-corrected chi connectivity index (χ4v) is 2.05. The van der Waals surface area contributed by atoms with Crippen molar-refractivity contribution in [1.82, 2.24) is 14.8 Å². The van der Waals surface area contributed by atoms with Gasteiger partial charge in [0.25, 0.3) is 0 Å². The van der Waals surface area contributed by atoms with Gasteiger partial charge in [0.05, 0.1) is 23.6 Å². The zero-order chi connectivity index (χ0) is 14.0. The molecule has 0 spiro atoms. The molecule has 0 aliphatic carbocycles. The molecule has 2 aromatic rings. The van der Waals surface area contributed by atoms with Crippen LogP contribution in [0.4, 0.5) is 5.69 Å². The maximum atomic E-state index is 11.8. The Morgan fingerprint density at radius 3 is 3.00 bits per heavy atom. The van der Waals surface area contributed by atoms with E-state index in [2.05, 4.69) is 15.4 Å². The second kappa shape index (κ2) is 5.36. The van der Waals surface area contributed by atoms with Crippen LogP contribution in [0.5, 0.6) is 0 Å². The Labute approximate surface area is 112 Å². The number of nitrogens with one attached hydrogen (secondary N) is 1. The summed E-state index contributed by atoms with van der Waals surface area (Å²) < 4.78 is 1.72. The maximum Gasteiger partial charge on any atom is 0.241 e. The highest BCUT2D eigenvalue weighted by Gasteiger charge is 2.13. The van der Waals surface area contributed by atoms with Gasteiger partial charge in [-0.2, -0.15) is 5.10 Å². The predicted octanol–water partition coefficient (Wildman–Crippen LogP) is 1.34. The molecular weight excluding hydrogens is 242 g/mol. The van der Waals surface area contributed by atoms with Gasteiger partial charge in [-0.1, -0.05) is 13.3 Å². The summed E-state index contributed by atoms with van der Waals surface area (Å²) in [6.45, 7) is 3.91. The van der Waals surface area contributed by atoms with Gasteiger partial charge in [-0.25, -0.2) is 4.98 Å². The average Bonchev–Trinajstić information content (AvgIpc) is 2.65. The lowest BCUT2D eigenvalue weighted by Crippen LogP contribution is -2.35. The van der Waals surface area contributed by atoms with Crippen LogP contribution in [0.25, 0.3) is 11.0 Å². The summed E-state index contributed by atoms with van der Waals surface area (Å²) in [5.74, 6) is -0.176. The van der Waals surface area contributed by atoms with Crippen LogP contribution < -0.4 is 11.1 Å². The molecule has 0 saturated carbocycles. The van der Waals surface area contributed by atoms with E-state index in [9.17, 15) is 4.79 Å². The van der Waals surface area contributed by atoms with Crippen LogP contribution in [0, 0.1) is 6.92 Å². The Hall–Kier alpha value is -1.95. The Kier molecular flexibility index (Phi) is 3.80. The molecule has 0 aliphatic rings. The van der Waals surface area contributed by atoms with Gasteiger partial charge in [0, 0.05) is 12.4 Å². The van der Waals surface area contributed by atoms with Crippen LogP contribution in [0.1, 0.15) is 25.5 Å². The summed E-state index contributed by atoms with van der Waals surface area (Å²) >= 11 is 0. The molecular formula is C13H19N5O. The third kappa shape index (κ3) is 2.73. The first-order chi connectivity index (χ1) is 9.02. The van der Waals surface area contributed by atoms with E-state index in [0.717, 1.165) is 23.1 Å². The largest absolute Gasteiger partial charge is 0.323 e. The van der Waals surface area contributed by atoms with Crippen LogP contribution in [0.3, 0.4) is 0 Å². The number of nitrogens with zero attached hydrogens (tertiary/aromatic N) is 3. The van der Waals surface area contributed by atoms with Crippen molar-refractivity contribution in [3.05, 3.63) is 18.0 Å². The Bertz CT molecular complexity index is 604. The van der Waals surface area contributed by atoms with Crippen molar-refractivity contribution >= 4 is 22.6 Å². The molecule has 0 radical (unpaired) electrons. The van der Waals surface area contributed by atoms with Crippen LogP contribution in [0.2, 0.25) is 0 Å². The van der Waals surface area contributed by atoms with E-state index in [-0.39, 0.29) is 5.91 Å². The number of aryl methyl sites for hydroxylation is 2. The maximum absolute atomic E-state index is 11.8. The van der Waals surface area contributed by atoms with Crippen molar-refractivity contribution in [2.45, 2.75) is 32.7 Å². The number of carbonyl (C=O) groups is 1. The fourth-order valence-electron chi connectivity index (χ4n) is 2.05. The highest BCUT2D eigenvalue weighted by atomic mass is 16.2. The molecule has 19 heavy (non-hydrogen) atoms. The molecule has 0 saturated heterocycles. The summed E-state index contributed by atoms with van der Waals surface area (Å²) in [5, 5.41) is 8.02. The van der Waals surface area contributed by atoms with Gasteiger partial charge in [-0.3, -0.25) is 9.48 Å². The lowest BCUT2D eigenvalue weighted by atomic mass is 10.1. The van der Waals surface area contributed by atoms with Crippen molar-refractivity contribution in [2.24, 2.45) is 12.8 Å². The molecule has 0 fully saturated rings. The van der Waals surface area contributed by atoms with E-state index in [0.29, 0.717) is 12.1 Å². The molecule has 1 atom stereocenters. The number of carbonyl (C=O) groups excluding carboxylic acids is 1. The van der Waals surface area contributed by atoms with Crippen LogP contribution in [-0.4, -0.2) is 26.7 Å². The number of fused-ring (bicyclic) bond motifs is 1. The third-order valence-corrected chi connectivity index (χ3v) is 3.07. The van der Waals surface area contributed by atoms with Crippen LogP contribution >= 0.6 is 0 Å². The van der Waals surface area contributed by atoms with Gasteiger partial charge in [0.1, 0.15) is 0 Å². The molecule has 0 unspecified atom stereocenters. The molecule has 3 N–H and O–H groups in total.